The molecule has 34 heavy (non-hydrogen) atoms. The van der Waals surface area contributed by atoms with E-state index >= 15 is 0 Å². The molecule has 0 fully saturated rings. The van der Waals surface area contributed by atoms with Crippen LogP contribution in [0.3, 0.4) is 0 Å². The minimum Gasteiger partial charge on any atom is -0.449 e. The molecule has 4 nitrogen and oxygen atoms in total. The second-order valence-electron chi connectivity index (χ2n) is 7.90. The molecule has 0 aromatic heterocycles. The van der Waals surface area contributed by atoms with Gasteiger partial charge < -0.3 is 10.1 Å². The molecule has 0 radical (unpaired) electrons. The predicted octanol–water partition coefficient (Wildman–Crippen LogP) is 6.46. The van der Waals surface area contributed by atoms with Gasteiger partial charge in [0.05, 0.1) is 5.56 Å². The number of hydrogen-bond acceptors (Lipinski definition) is 3. The van der Waals surface area contributed by atoms with Crippen molar-refractivity contribution in [3.63, 3.8) is 0 Å². The molecule has 7 heteroatoms. The summed E-state index contributed by atoms with van der Waals surface area (Å²) in [6.07, 6.45) is -1.14. The highest BCUT2D eigenvalue weighted by molar-refractivity contribution is 5.82. The van der Waals surface area contributed by atoms with Crippen LogP contribution in [-0.2, 0) is 10.9 Å². The Balaban J connectivity index is 1.30. The fourth-order valence-corrected chi connectivity index (χ4v) is 4.12. The third-order valence-electron chi connectivity index (χ3n) is 5.76. The second-order valence-corrected chi connectivity index (χ2v) is 7.90. The highest BCUT2D eigenvalue weighted by atomic mass is 19.4. The van der Waals surface area contributed by atoms with Crippen LogP contribution in [0.4, 0.5) is 18.0 Å². The lowest BCUT2D eigenvalue weighted by Crippen LogP contribution is -2.26. The van der Waals surface area contributed by atoms with E-state index in [1.165, 1.54) is 6.08 Å². The molecule has 0 heterocycles. The lowest BCUT2D eigenvalue weighted by Gasteiger charge is -2.14. The highest BCUT2D eigenvalue weighted by Gasteiger charge is 2.31. The van der Waals surface area contributed by atoms with E-state index in [4.69, 9.17) is 4.74 Å². The van der Waals surface area contributed by atoms with Gasteiger partial charge in [0.1, 0.15) is 6.61 Å². The minimum atomic E-state index is -4.49. The van der Waals surface area contributed by atoms with Gasteiger partial charge in [-0.2, -0.15) is 13.2 Å². The molecule has 1 aliphatic rings. The lowest BCUT2D eigenvalue weighted by molar-refractivity contribution is -0.137. The van der Waals surface area contributed by atoms with Crippen molar-refractivity contribution in [2.75, 3.05) is 13.2 Å². The van der Waals surface area contributed by atoms with Crippen LogP contribution in [0, 0.1) is 0 Å². The van der Waals surface area contributed by atoms with Gasteiger partial charge in [0.25, 0.3) is 0 Å². The first-order valence-electron chi connectivity index (χ1n) is 10.8. The molecule has 0 aliphatic heterocycles. The Morgan fingerprint density at radius 1 is 0.941 bits per heavy atom. The van der Waals surface area contributed by atoms with Crippen molar-refractivity contribution in [2.24, 2.45) is 0 Å². The van der Waals surface area contributed by atoms with E-state index in [1.54, 1.807) is 6.08 Å². The number of rotatable bonds is 7. The first kappa shape index (κ1) is 23.3. The molecule has 0 saturated heterocycles. The van der Waals surface area contributed by atoms with Gasteiger partial charge >= 0.3 is 12.3 Å². The van der Waals surface area contributed by atoms with Gasteiger partial charge in [0.2, 0.25) is 0 Å². The first-order valence-corrected chi connectivity index (χ1v) is 10.8. The Kier molecular flexibility index (Phi) is 6.82. The molecule has 0 bridgehead atoms. The molecular weight excluding hydrogens is 443 g/mol. The Morgan fingerprint density at radius 2 is 1.59 bits per heavy atom. The van der Waals surface area contributed by atoms with E-state index in [2.05, 4.69) is 17.4 Å². The molecule has 0 atom stereocenters. The summed E-state index contributed by atoms with van der Waals surface area (Å²) in [7, 11) is 0. The third kappa shape index (κ3) is 5.03. The number of ether oxygens (including phenoxy) is 1. The number of nitrogens with one attached hydrogen (secondary N) is 1. The Morgan fingerprint density at radius 3 is 2.21 bits per heavy atom. The summed E-state index contributed by atoms with van der Waals surface area (Å²) in [6, 6.07) is 19.0. The molecule has 174 valence electrons. The zero-order valence-electron chi connectivity index (χ0n) is 18.1. The SMILES string of the molecule is O=Cc1ccc(C(F)(F)F)cc1C=CCCNC(=O)OCC1c2ccccc2-c2ccccc21. The van der Waals surface area contributed by atoms with Gasteiger partial charge in [-0.1, -0.05) is 66.7 Å². The number of alkyl halides is 3. The van der Waals surface area contributed by atoms with E-state index in [0.29, 0.717) is 12.7 Å². The second kappa shape index (κ2) is 9.95. The summed E-state index contributed by atoms with van der Waals surface area (Å²) < 4.78 is 44.2. The van der Waals surface area contributed by atoms with Crippen molar-refractivity contribution in [1.29, 1.82) is 0 Å². The molecule has 1 N–H and O–H groups in total. The van der Waals surface area contributed by atoms with Crippen LogP contribution in [0.5, 0.6) is 0 Å². The highest BCUT2D eigenvalue weighted by Crippen LogP contribution is 2.44. The van der Waals surface area contributed by atoms with Crippen molar-refractivity contribution >= 4 is 18.5 Å². The van der Waals surface area contributed by atoms with Crippen LogP contribution in [0.2, 0.25) is 0 Å². The van der Waals surface area contributed by atoms with Crippen molar-refractivity contribution in [1.82, 2.24) is 5.32 Å². The number of fused-ring (bicyclic) bond motifs is 3. The normalized spacial score (nSPS) is 12.9. The summed E-state index contributed by atoms with van der Waals surface area (Å²) in [6.45, 7) is 0.436. The maximum Gasteiger partial charge on any atom is 0.416 e. The van der Waals surface area contributed by atoms with E-state index in [9.17, 15) is 22.8 Å². The lowest BCUT2D eigenvalue weighted by atomic mass is 9.98. The van der Waals surface area contributed by atoms with Crippen LogP contribution < -0.4 is 5.32 Å². The standard InChI is InChI=1S/C27H22F3NO3/c28-27(29,30)20-13-12-19(16-32)18(15-20)7-5-6-14-31-26(33)34-17-25-23-10-3-1-8-21(23)22-9-2-4-11-24(22)25/h1-5,7-13,15-16,25H,6,14,17H2,(H,31,33). The van der Waals surface area contributed by atoms with Crippen molar-refractivity contribution in [3.8, 4) is 11.1 Å². The molecule has 0 spiro atoms. The quantitative estimate of drug-likeness (QED) is 0.322. The van der Waals surface area contributed by atoms with Gasteiger partial charge in [0.15, 0.2) is 6.29 Å². The Bertz CT molecular complexity index is 1190. The van der Waals surface area contributed by atoms with Crippen molar-refractivity contribution in [3.05, 3.63) is 101 Å². The predicted molar refractivity (Wildman–Crippen MR) is 124 cm³/mol. The minimum absolute atomic E-state index is 0.0410. The molecule has 0 saturated carbocycles. The first-order chi connectivity index (χ1) is 16.4. The average Bonchev–Trinajstić information content (AvgIpc) is 3.15. The maximum absolute atomic E-state index is 12.9. The number of amides is 1. The molecule has 3 aromatic rings. The average molecular weight is 465 g/mol. The molecule has 1 aliphatic carbocycles. The Labute approximate surface area is 195 Å². The summed E-state index contributed by atoms with van der Waals surface area (Å²) in [5, 5.41) is 2.64. The largest absolute Gasteiger partial charge is 0.449 e. The molecule has 1 amide bonds. The van der Waals surface area contributed by atoms with Crippen LogP contribution in [0.25, 0.3) is 17.2 Å². The zero-order chi connectivity index (χ0) is 24.1. The van der Waals surface area contributed by atoms with E-state index in [-0.39, 0.29) is 30.2 Å². The van der Waals surface area contributed by atoms with E-state index in [0.717, 1.165) is 40.5 Å². The third-order valence-corrected chi connectivity index (χ3v) is 5.76. The van der Waals surface area contributed by atoms with E-state index < -0.39 is 17.8 Å². The summed E-state index contributed by atoms with van der Waals surface area (Å²) in [5.74, 6) is -0.0410. The van der Waals surface area contributed by atoms with Crippen LogP contribution in [0.1, 0.15) is 45.0 Å². The van der Waals surface area contributed by atoms with Gasteiger partial charge in [-0.25, -0.2) is 4.79 Å². The van der Waals surface area contributed by atoms with Crippen molar-refractivity contribution in [2.45, 2.75) is 18.5 Å². The summed E-state index contributed by atoms with van der Waals surface area (Å²) in [4.78, 5) is 23.3. The number of aldehydes is 1. The Hall–Kier alpha value is -3.87. The summed E-state index contributed by atoms with van der Waals surface area (Å²) >= 11 is 0. The molecular formula is C27H22F3NO3. The maximum atomic E-state index is 12.9. The van der Waals surface area contributed by atoms with Crippen LogP contribution in [-0.4, -0.2) is 25.5 Å². The monoisotopic (exact) mass is 465 g/mol. The molecule has 0 unspecified atom stereocenters. The zero-order valence-corrected chi connectivity index (χ0v) is 18.1. The number of carbonyl (C=O) groups excluding carboxylic acids is 2. The number of hydrogen-bond donors (Lipinski definition) is 1. The smallest absolute Gasteiger partial charge is 0.416 e. The molecule has 4 rings (SSSR count). The fraction of sp³-hybridized carbons (Fsp3) is 0.185. The van der Waals surface area contributed by atoms with Gasteiger partial charge in [-0.15, -0.1) is 0 Å². The summed E-state index contributed by atoms with van der Waals surface area (Å²) in [5.41, 5.74) is 4.02. The van der Waals surface area contributed by atoms with E-state index in [1.807, 2.05) is 36.4 Å². The number of benzene rings is 3. The fourth-order valence-electron chi connectivity index (χ4n) is 4.12. The number of alkyl carbamates (subject to hydrolysis) is 1. The van der Waals surface area contributed by atoms with Crippen molar-refractivity contribution < 1.29 is 27.5 Å². The number of halogens is 3. The number of carbonyl (C=O) groups is 2. The van der Waals surface area contributed by atoms with Gasteiger partial charge in [-0.3, -0.25) is 4.79 Å². The van der Waals surface area contributed by atoms with Gasteiger partial charge in [0, 0.05) is 18.0 Å². The van der Waals surface area contributed by atoms with Gasteiger partial charge in [-0.05, 0) is 46.4 Å². The van der Waals surface area contributed by atoms with Crippen LogP contribution in [0.15, 0.2) is 72.8 Å². The van der Waals surface area contributed by atoms with Crippen LogP contribution >= 0.6 is 0 Å². The molecule has 3 aromatic carbocycles. The topological polar surface area (TPSA) is 55.4 Å².